The van der Waals surface area contributed by atoms with Crippen molar-refractivity contribution in [1.82, 2.24) is 9.78 Å². The van der Waals surface area contributed by atoms with Crippen molar-refractivity contribution in [2.24, 2.45) is 7.05 Å². The number of carbonyl (C=O) groups excluding carboxylic acids is 1. The second-order valence-corrected chi connectivity index (χ2v) is 4.91. The molecule has 0 amide bonds. The van der Waals surface area contributed by atoms with E-state index in [0.717, 1.165) is 0 Å². The molecule has 0 aliphatic carbocycles. The molecule has 5 heteroatoms. The largest absolute Gasteiger partial charge is 0.294 e. The minimum Gasteiger partial charge on any atom is -0.294 e. The Morgan fingerprint density at radius 3 is 2.63 bits per heavy atom. The van der Waals surface area contributed by atoms with Gasteiger partial charge in [0.05, 0.1) is 22.8 Å². The van der Waals surface area contributed by atoms with Gasteiger partial charge in [-0.1, -0.05) is 11.6 Å². The molecule has 0 spiro atoms. The second kappa shape index (κ2) is 5.13. The van der Waals surface area contributed by atoms with Crippen molar-refractivity contribution in [2.75, 3.05) is 0 Å². The molecule has 0 unspecified atom stereocenters. The van der Waals surface area contributed by atoms with Crippen LogP contribution in [0.3, 0.4) is 0 Å². The smallest absolute Gasteiger partial charge is 0.168 e. The quantitative estimate of drug-likeness (QED) is 0.809. The summed E-state index contributed by atoms with van der Waals surface area (Å²) < 4.78 is 14.8. The van der Waals surface area contributed by atoms with Crippen LogP contribution in [0.1, 0.15) is 27.3 Å². The van der Waals surface area contributed by atoms with E-state index in [-0.39, 0.29) is 18.0 Å². The van der Waals surface area contributed by atoms with Gasteiger partial charge in [-0.3, -0.25) is 9.48 Å². The molecule has 0 N–H and O–H groups in total. The van der Waals surface area contributed by atoms with Crippen LogP contribution in [0.4, 0.5) is 4.39 Å². The van der Waals surface area contributed by atoms with E-state index in [9.17, 15) is 9.18 Å². The number of hydrogen-bond acceptors (Lipinski definition) is 2. The molecule has 0 radical (unpaired) electrons. The highest BCUT2D eigenvalue weighted by Crippen LogP contribution is 2.21. The van der Waals surface area contributed by atoms with Crippen LogP contribution in [-0.2, 0) is 13.5 Å². The van der Waals surface area contributed by atoms with Gasteiger partial charge in [0.25, 0.3) is 0 Å². The summed E-state index contributed by atoms with van der Waals surface area (Å²) in [5.74, 6) is -0.418. The molecular formula is C14H14ClFN2O. The first-order valence-electron chi connectivity index (χ1n) is 5.87. The predicted octanol–water partition coefficient (Wildman–Crippen LogP) is 3.25. The van der Waals surface area contributed by atoms with Gasteiger partial charge >= 0.3 is 0 Å². The molecule has 0 atom stereocenters. The summed E-state index contributed by atoms with van der Waals surface area (Å²) in [7, 11) is 1.75. The van der Waals surface area contributed by atoms with Crippen LogP contribution >= 0.6 is 11.6 Å². The maximum Gasteiger partial charge on any atom is 0.168 e. The Balaban J connectivity index is 2.28. The summed E-state index contributed by atoms with van der Waals surface area (Å²) in [6, 6.07) is 4.34. The summed E-state index contributed by atoms with van der Waals surface area (Å²) in [5.41, 5.74) is 2.31. The van der Waals surface area contributed by atoms with Gasteiger partial charge in [0.2, 0.25) is 0 Å². The van der Waals surface area contributed by atoms with Crippen LogP contribution in [-0.4, -0.2) is 15.6 Å². The van der Waals surface area contributed by atoms with Crippen molar-refractivity contribution >= 4 is 17.4 Å². The van der Waals surface area contributed by atoms with Crippen LogP contribution < -0.4 is 0 Å². The van der Waals surface area contributed by atoms with Crippen LogP contribution in [0.5, 0.6) is 0 Å². The maximum absolute atomic E-state index is 13.2. The predicted molar refractivity (Wildman–Crippen MR) is 72.1 cm³/mol. The molecular weight excluding hydrogens is 267 g/mol. The second-order valence-electron chi connectivity index (χ2n) is 4.53. The van der Waals surface area contributed by atoms with Crippen LogP contribution in [0.2, 0.25) is 5.02 Å². The number of halogens is 2. The van der Waals surface area contributed by atoms with E-state index in [1.165, 1.54) is 12.1 Å². The average Bonchev–Trinajstić information content (AvgIpc) is 2.59. The van der Waals surface area contributed by atoms with Gasteiger partial charge < -0.3 is 0 Å². The fourth-order valence-corrected chi connectivity index (χ4v) is 2.17. The Hall–Kier alpha value is -1.68. The highest BCUT2D eigenvalue weighted by Gasteiger charge is 2.16. The summed E-state index contributed by atoms with van der Waals surface area (Å²) in [6.45, 7) is 3.42. The zero-order valence-electron chi connectivity index (χ0n) is 11.0. The van der Waals surface area contributed by atoms with Gasteiger partial charge in [-0.15, -0.1) is 0 Å². The lowest BCUT2D eigenvalue weighted by Crippen LogP contribution is -2.08. The van der Waals surface area contributed by atoms with Crippen molar-refractivity contribution in [3.8, 4) is 0 Å². The highest BCUT2D eigenvalue weighted by molar-refractivity contribution is 6.32. The van der Waals surface area contributed by atoms with E-state index >= 15 is 0 Å². The topological polar surface area (TPSA) is 34.9 Å². The van der Waals surface area contributed by atoms with Crippen LogP contribution in [0.25, 0.3) is 0 Å². The fraction of sp³-hybridized carbons (Fsp3) is 0.286. The average molecular weight is 281 g/mol. The van der Waals surface area contributed by atoms with E-state index in [4.69, 9.17) is 11.6 Å². The highest BCUT2D eigenvalue weighted by atomic mass is 35.5. The molecule has 1 heterocycles. The van der Waals surface area contributed by atoms with Crippen LogP contribution in [0.15, 0.2) is 18.2 Å². The normalized spacial score (nSPS) is 10.8. The molecule has 0 saturated carbocycles. The SMILES string of the molecule is Cc1cc(C(=O)Cc2c(Cl)c(C)nn2C)ccc1F. The molecule has 0 fully saturated rings. The van der Waals surface area contributed by atoms with E-state index in [1.807, 2.05) is 0 Å². The van der Waals surface area contributed by atoms with Gasteiger partial charge in [0, 0.05) is 12.6 Å². The number of nitrogens with zero attached hydrogens (tertiary/aromatic N) is 2. The molecule has 0 bridgehead atoms. The molecule has 3 nitrogen and oxygen atoms in total. The number of rotatable bonds is 3. The van der Waals surface area contributed by atoms with Gasteiger partial charge in [-0.2, -0.15) is 5.10 Å². The molecule has 2 rings (SSSR count). The van der Waals surface area contributed by atoms with Crippen molar-refractivity contribution in [2.45, 2.75) is 20.3 Å². The van der Waals surface area contributed by atoms with Crippen molar-refractivity contribution in [1.29, 1.82) is 0 Å². The Labute approximate surface area is 116 Å². The third-order valence-corrected chi connectivity index (χ3v) is 3.56. The van der Waals surface area contributed by atoms with Crippen molar-refractivity contribution < 1.29 is 9.18 Å². The molecule has 1 aromatic heterocycles. The van der Waals surface area contributed by atoms with Crippen molar-refractivity contribution in [3.63, 3.8) is 0 Å². The minimum atomic E-state index is -0.314. The number of ketones is 1. The Kier molecular flexibility index (Phi) is 3.71. The summed E-state index contributed by atoms with van der Waals surface area (Å²) >= 11 is 6.11. The monoisotopic (exact) mass is 280 g/mol. The van der Waals surface area contributed by atoms with Crippen LogP contribution in [0, 0.1) is 19.7 Å². The molecule has 0 aliphatic heterocycles. The zero-order valence-corrected chi connectivity index (χ0v) is 11.8. The molecule has 19 heavy (non-hydrogen) atoms. The Bertz CT molecular complexity index is 649. The number of aromatic nitrogens is 2. The maximum atomic E-state index is 13.2. The van der Waals surface area contributed by atoms with Gasteiger partial charge in [-0.25, -0.2) is 4.39 Å². The standard InChI is InChI=1S/C14H14ClFN2O/c1-8-6-10(4-5-11(8)16)13(19)7-12-14(15)9(2)17-18(12)3/h4-6H,7H2,1-3H3. The Morgan fingerprint density at radius 2 is 2.11 bits per heavy atom. The summed E-state index contributed by atoms with van der Waals surface area (Å²) in [4.78, 5) is 12.2. The number of hydrogen-bond donors (Lipinski definition) is 0. The van der Waals surface area contributed by atoms with Gasteiger partial charge in [0.15, 0.2) is 5.78 Å². The lowest BCUT2D eigenvalue weighted by Gasteiger charge is -2.04. The number of benzene rings is 1. The Morgan fingerprint density at radius 1 is 1.42 bits per heavy atom. The number of carbonyl (C=O) groups is 1. The fourth-order valence-electron chi connectivity index (χ4n) is 1.94. The molecule has 100 valence electrons. The third-order valence-electron chi connectivity index (χ3n) is 3.07. The van der Waals surface area contributed by atoms with E-state index in [1.54, 1.807) is 31.6 Å². The summed E-state index contributed by atoms with van der Waals surface area (Å²) in [5, 5.41) is 4.67. The molecule has 0 saturated heterocycles. The first kappa shape index (κ1) is 13.7. The lowest BCUT2D eigenvalue weighted by molar-refractivity contribution is 0.0990. The number of Topliss-reactive ketones (excluding diaryl/α,β-unsaturated/α-hetero) is 1. The van der Waals surface area contributed by atoms with Gasteiger partial charge in [0.1, 0.15) is 5.82 Å². The summed E-state index contributed by atoms with van der Waals surface area (Å²) in [6.07, 6.45) is 0.154. The first-order valence-corrected chi connectivity index (χ1v) is 6.25. The third kappa shape index (κ3) is 2.68. The zero-order chi connectivity index (χ0) is 14.2. The molecule has 1 aromatic carbocycles. The van der Waals surface area contributed by atoms with Gasteiger partial charge in [-0.05, 0) is 37.6 Å². The molecule has 0 aliphatic rings. The van der Waals surface area contributed by atoms with E-state index in [0.29, 0.717) is 27.5 Å². The lowest BCUT2D eigenvalue weighted by atomic mass is 10.0. The van der Waals surface area contributed by atoms with Crippen molar-refractivity contribution in [3.05, 3.63) is 51.6 Å². The first-order chi connectivity index (χ1) is 8.90. The number of aryl methyl sites for hydroxylation is 3. The van der Waals surface area contributed by atoms with E-state index in [2.05, 4.69) is 5.10 Å². The van der Waals surface area contributed by atoms with E-state index < -0.39 is 0 Å². The minimum absolute atomic E-state index is 0.104. The molecule has 2 aromatic rings.